The van der Waals surface area contributed by atoms with Crippen LogP contribution in [0.1, 0.15) is 32.1 Å². The highest BCUT2D eigenvalue weighted by Gasteiger charge is 2.17. The average Bonchev–Trinajstić information content (AvgIpc) is 2.54. The predicted molar refractivity (Wildman–Crippen MR) is 65.4 cm³/mol. The van der Waals surface area contributed by atoms with Crippen molar-refractivity contribution in [1.82, 2.24) is 9.78 Å². The van der Waals surface area contributed by atoms with Crippen molar-refractivity contribution in [2.24, 2.45) is 7.05 Å². The molecule has 0 aliphatic carbocycles. The van der Waals surface area contributed by atoms with Crippen LogP contribution in [0, 0.1) is 0 Å². The van der Waals surface area contributed by atoms with Gasteiger partial charge >= 0.3 is 0 Å². The Morgan fingerprint density at radius 3 is 2.80 bits per heavy atom. The van der Waals surface area contributed by atoms with E-state index in [-0.39, 0.29) is 0 Å². The zero-order valence-electron chi connectivity index (χ0n) is 9.27. The normalized spacial score (nSPS) is 15.3. The summed E-state index contributed by atoms with van der Waals surface area (Å²) in [5.41, 5.74) is 0.701. The van der Waals surface area contributed by atoms with Gasteiger partial charge in [-0.3, -0.25) is 4.68 Å². The summed E-state index contributed by atoms with van der Waals surface area (Å²) in [5, 5.41) is 15.0. The molecule has 0 saturated carbocycles. The third-order valence-electron chi connectivity index (χ3n) is 2.37. The number of rotatable bonds is 5. The minimum Gasteiger partial charge on any atom is -0.386 e. The molecule has 86 valence electrons. The van der Waals surface area contributed by atoms with Crippen molar-refractivity contribution >= 4 is 23.4 Å². The Morgan fingerprint density at radius 1 is 1.67 bits per heavy atom. The molecule has 1 heterocycles. The Balaban J connectivity index is 2.57. The molecule has 2 atom stereocenters. The first kappa shape index (κ1) is 12.9. The van der Waals surface area contributed by atoms with Crippen molar-refractivity contribution in [1.29, 1.82) is 0 Å². The van der Waals surface area contributed by atoms with Crippen molar-refractivity contribution in [2.45, 2.75) is 31.6 Å². The van der Waals surface area contributed by atoms with E-state index < -0.39 is 6.10 Å². The summed E-state index contributed by atoms with van der Waals surface area (Å²) in [6.07, 6.45) is 2.13. The molecule has 0 aliphatic heterocycles. The van der Waals surface area contributed by atoms with Crippen molar-refractivity contribution in [3.8, 4) is 0 Å². The molecule has 1 rings (SSSR count). The summed E-state index contributed by atoms with van der Waals surface area (Å²) >= 11 is 7.69. The number of nitrogens with zero attached hydrogens (tertiary/aromatic N) is 2. The van der Waals surface area contributed by atoms with Gasteiger partial charge in [0.05, 0.1) is 16.9 Å². The first-order chi connectivity index (χ1) is 7.06. The summed E-state index contributed by atoms with van der Waals surface area (Å²) in [6, 6.07) is 0. The van der Waals surface area contributed by atoms with Crippen LogP contribution in [0.3, 0.4) is 0 Å². The third-order valence-corrected chi connectivity index (χ3v) is 4.07. The smallest absolute Gasteiger partial charge is 0.106 e. The zero-order valence-corrected chi connectivity index (χ0v) is 10.8. The molecule has 2 unspecified atom stereocenters. The maximum absolute atomic E-state index is 9.95. The summed E-state index contributed by atoms with van der Waals surface area (Å²) in [5.74, 6) is 0.661. The van der Waals surface area contributed by atoms with E-state index in [1.165, 1.54) is 0 Å². The van der Waals surface area contributed by atoms with Crippen LogP contribution in [0.15, 0.2) is 6.20 Å². The monoisotopic (exact) mass is 248 g/mol. The van der Waals surface area contributed by atoms with Crippen molar-refractivity contribution in [3.63, 3.8) is 0 Å². The summed E-state index contributed by atoms with van der Waals surface area (Å²) in [4.78, 5) is 0. The van der Waals surface area contributed by atoms with Crippen LogP contribution < -0.4 is 0 Å². The third kappa shape index (κ3) is 3.40. The molecule has 0 spiro atoms. The van der Waals surface area contributed by atoms with Gasteiger partial charge in [-0.2, -0.15) is 16.9 Å². The van der Waals surface area contributed by atoms with Crippen LogP contribution >= 0.6 is 23.4 Å². The Morgan fingerprint density at radius 2 is 2.33 bits per heavy atom. The molecule has 0 amide bonds. The molecule has 0 radical (unpaired) electrons. The van der Waals surface area contributed by atoms with Gasteiger partial charge in [-0.1, -0.05) is 25.4 Å². The highest BCUT2D eigenvalue weighted by molar-refractivity contribution is 7.99. The molecule has 15 heavy (non-hydrogen) atoms. The van der Waals surface area contributed by atoms with E-state index in [1.54, 1.807) is 29.7 Å². The van der Waals surface area contributed by atoms with Crippen molar-refractivity contribution < 1.29 is 5.11 Å². The molecule has 3 nitrogen and oxygen atoms in total. The second-order valence-electron chi connectivity index (χ2n) is 3.57. The van der Waals surface area contributed by atoms with E-state index in [9.17, 15) is 5.11 Å². The molecule has 0 aromatic carbocycles. The summed E-state index contributed by atoms with van der Waals surface area (Å²) in [6.45, 7) is 4.29. The van der Waals surface area contributed by atoms with Crippen LogP contribution in [0.25, 0.3) is 0 Å². The lowest BCUT2D eigenvalue weighted by Crippen LogP contribution is -2.09. The standard InChI is InChI=1S/C10H17ClN2OS/c1-4-7(2)15-6-9(14)10-8(11)5-12-13(10)3/h5,7,9,14H,4,6H2,1-3H3. The Kier molecular flexibility index (Phi) is 4.96. The second-order valence-corrected chi connectivity index (χ2v) is 5.45. The van der Waals surface area contributed by atoms with E-state index in [4.69, 9.17) is 11.6 Å². The number of hydrogen-bond donors (Lipinski definition) is 1. The molecule has 1 aromatic rings. The van der Waals surface area contributed by atoms with Crippen molar-refractivity contribution in [3.05, 3.63) is 16.9 Å². The average molecular weight is 249 g/mol. The van der Waals surface area contributed by atoms with Gasteiger partial charge in [-0.05, 0) is 6.42 Å². The largest absolute Gasteiger partial charge is 0.386 e. The van der Waals surface area contributed by atoms with Gasteiger partial charge in [0.15, 0.2) is 0 Å². The molecule has 1 N–H and O–H groups in total. The second kappa shape index (κ2) is 5.77. The van der Waals surface area contributed by atoms with E-state index in [2.05, 4.69) is 18.9 Å². The first-order valence-electron chi connectivity index (χ1n) is 5.03. The van der Waals surface area contributed by atoms with Gasteiger partial charge < -0.3 is 5.11 Å². The molecule has 5 heteroatoms. The van der Waals surface area contributed by atoms with E-state index >= 15 is 0 Å². The summed E-state index contributed by atoms with van der Waals surface area (Å²) < 4.78 is 1.63. The van der Waals surface area contributed by atoms with Crippen LogP contribution in [0.4, 0.5) is 0 Å². The lowest BCUT2D eigenvalue weighted by Gasteiger charge is -2.14. The van der Waals surface area contributed by atoms with E-state index in [0.717, 1.165) is 6.42 Å². The van der Waals surface area contributed by atoms with Crippen molar-refractivity contribution in [2.75, 3.05) is 5.75 Å². The van der Waals surface area contributed by atoms with Gasteiger partial charge in [0, 0.05) is 18.1 Å². The molecular weight excluding hydrogens is 232 g/mol. The van der Waals surface area contributed by atoms with Crippen LogP contribution in [0.5, 0.6) is 0 Å². The quantitative estimate of drug-likeness (QED) is 0.871. The Hall–Kier alpha value is -0.190. The summed E-state index contributed by atoms with van der Waals surface area (Å²) in [7, 11) is 1.79. The van der Waals surface area contributed by atoms with Crippen LogP contribution in [0.2, 0.25) is 5.02 Å². The number of halogens is 1. The fourth-order valence-electron chi connectivity index (χ4n) is 1.25. The molecule has 0 fully saturated rings. The number of thioether (sulfide) groups is 1. The molecule has 0 bridgehead atoms. The maximum atomic E-state index is 9.95. The van der Waals surface area contributed by atoms with Gasteiger partial charge in [-0.25, -0.2) is 0 Å². The number of aliphatic hydroxyl groups is 1. The number of aromatic nitrogens is 2. The number of aryl methyl sites for hydroxylation is 1. The lowest BCUT2D eigenvalue weighted by molar-refractivity contribution is 0.193. The minimum absolute atomic E-state index is 0.537. The first-order valence-corrected chi connectivity index (χ1v) is 6.46. The fourth-order valence-corrected chi connectivity index (χ4v) is 2.44. The van der Waals surface area contributed by atoms with E-state index in [0.29, 0.717) is 21.7 Å². The van der Waals surface area contributed by atoms with Gasteiger partial charge in [0.2, 0.25) is 0 Å². The topological polar surface area (TPSA) is 38.1 Å². The fraction of sp³-hybridized carbons (Fsp3) is 0.700. The van der Waals surface area contributed by atoms with Crippen LogP contribution in [-0.2, 0) is 7.05 Å². The SMILES string of the molecule is CCC(C)SCC(O)c1c(Cl)cnn1C. The lowest BCUT2D eigenvalue weighted by atomic mass is 10.3. The molecule has 0 saturated heterocycles. The zero-order chi connectivity index (χ0) is 11.4. The van der Waals surface area contributed by atoms with Gasteiger partial charge in [-0.15, -0.1) is 0 Å². The highest BCUT2D eigenvalue weighted by Crippen LogP contribution is 2.26. The number of hydrogen-bond acceptors (Lipinski definition) is 3. The van der Waals surface area contributed by atoms with E-state index in [1.807, 2.05) is 0 Å². The van der Waals surface area contributed by atoms with Gasteiger partial charge in [0.1, 0.15) is 6.10 Å². The minimum atomic E-state index is -0.538. The Labute approximate surface area is 99.8 Å². The predicted octanol–water partition coefficient (Wildman–Crippen LogP) is 2.64. The van der Waals surface area contributed by atoms with Gasteiger partial charge in [0.25, 0.3) is 0 Å². The molecule has 0 aliphatic rings. The maximum Gasteiger partial charge on any atom is 0.106 e. The number of aliphatic hydroxyl groups excluding tert-OH is 1. The highest BCUT2D eigenvalue weighted by atomic mass is 35.5. The Bertz CT molecular complexity index is 297. The molecular formula is C10H17ClN2OS. The molecule has 1 aromatic heterocycles. The van der Waals surface area contributed by atoms with Crippen LogP contribution in [-0.4, -0.2) is 25.9 Å².